The van der Waals surface area contributed by atoms with E-state index in [0.717, 1.165) is 13.0 Å². The third-order valence-electron chi connectivity index (χ3n) is 3.35. The first-order valence-corrected chi connectivity index (χ1v) is 6.65. The van der Waals surface area contributed by atoms with Crippen LogP contribution in [-0.2, 0) is 0 Å². The van der Waals surface area contributed by atoms with Crippen LogP contribution in [0.15, 0.2) is 16.8 Å². The molecule has 3 heteroatoms. The van der Waals surface area contributed by atoms with Gasteiger partial charge in [-0.3, -0.25) is 0 Å². The topological polar surface area (TPSA) is 32.3 Å². The van der Waals surface area contributed by atoms with E-state index < -0.39 is 0 Å². The zero-order valence-electron chi connectivity index (χ0n) is 9.15. The summed E-state index contributed by atoms with van der Waals surface area (Å²) < 4.78 is 0. The largest absolute Gasteiger partial charge is 0.393 e. The predicted molar refractivity (Wildman–Crippen MR) is 64.1 cm³/mol. The zero-order valence-corrected chi connectivity index (χ0v) is 9.96. The van der Waals surface area contributed by atoms with E-state index in [4.69, 9.17) is 0 Å². The molecule has 0 saturated heterocycles. The number of hydrogen-bond donors (Lipinski definition) is 2. The molecule has 3 atom stereocenters. The summed E-state index contributed by atoms with van der Waals surface area (Å²) in [5, 5.41) is 17.5. The molecule has 1 aromatic heterocycles. The van der Waals surface area contributed by atoms with Crippen molar-refractivity contribution in [2.45, 2.75) is 38.3 Å². The third-order valence-corrected chi connectivity index (χ3v) is 4.05. The van der Waals surface area contributed by atoms with Gasteiger partial charge < -0.3 is 10.4 Å². The number of hydrogen-bond acceptors (Lipinski definition) is 3. The van der Waals surface area contributed by atoms with Gasteiger partial charge in [0.15, 0.2) is 0 Å². The van der Waals surface area contributed by atoms with Crippen molar-refractivity contribution in [2.75, 3.05) is 6.54 Å². The molecule has 0 radical (unpaired) electrons. The molecular weight excluding hydrogens is 206 g/mol. The lowest BCUT2D eigenvalue weighted by molar-refractivity contribution is 0.130. The molecule has 1 aromatic rings. The van der Waals surface area contributed by atoms with Crippen molar-refractivity contribution >= 4 is 11.3 Å². The first-order valence-electron chi connectivity index (χ1n) is 5.71. The molecule has 15 heavy (non-hydrogen) atoms. The van der Waals surface area contributed by atoms with Crippen LogP contribution in [0.25, 0.3) is 0 Å². The highest BCUT2D eigenvalue weighted by Crippen LogP contribution is 2.25. The molecule has 3 unspecified atom stereocenters. The second-order valence-corrected chi connectivity index (χ2v) is 5.22. The van der Waals surface area contributed by atoms with Gasteiger partial charge in [-0.1, -0.05) is 6.42 Å². The molecule has 2 N–H and O–H groups in total. The van der Waals surface area contributed by atoms with Crippen LogP contribution in [0.1, 0.15) is 37.8 Å². The van der Waals surface area contributed by atoms with Crippen LogP contribution in [0, 0.1) is 5.92 Å². The monoisotopic (exact) mass is 225 g/mol. The normalized spacial score (nSPS) is 28.1. The van der Waals surface area contributed by atoms with Crippen LogP contribution < -0.4 is 5.32 Å². The Kier molecular flexibility index (Phi) is 3.78. The minimum absolute atomic E-state index is 0.0767. The number of aliphatic hydroxyl groups excluding tert-OH is 1. The third kappa shape index (κ3) is 2.80. The first kappa shape index (κ1) is 11.1. The van der Waals surface area contributed by atoms with E-state index in [-0.39, 0.29) is 6.10 Å². The first-order chi connectivity index (χ1) is 7.27. The summed E-state index contributed by atoms with van der Waals surface area (Å²) in [6, 6.07) is 2.57. The molecule has 0 bridgehead atoms. The fourth-order valence-electron chi connectivity index (χ4n) is 2.22. The lowest BCUT2D eigenvalue weighted by Crippen LogP contribution is -2.29. The van der Waals surface area contributed by atoms with Crippen molar-refractivity contribution in [3.8, 4) is 0 Å². The molecule has 0 aromatic carbocycles. The van der Waals surface area contributed by atoms with Gasteiger partial charge in [0.2, 0.25) is 0 Å². The van der Waals surface area contributed by atoms with Crippen LogP contribution >= 0.6 is 11.3 Å². The molecule has 1 aliphatic carbocycles. The van der Waals surface area contributed by atoms with Crippen LogP contribution in [0.3, 0.4) is 0 Å². The van der Waals surface area contributed by atoms with E-state index in [2.05, 4.69) is 29.1 Å². The SMILES string of the molecule is CC(NCC1CCCC1O)c1ccsc1. The molecule has 84 valence electrons. The van der Waals surface area contributed by atoms with Crippen LogP contribution in [0.5, 0.6) is 0 Å². The average Bonchev–Trinajstić information content (AvgIpc) is 2.85. The summed E-state index contributed by atoms with van der Waals surface area (Å²) in [4.78, 5) is 0. The Morgan fingerprint density at radius 3 is 3.07 bits per heavy atom. The zero-order chi connectivity index (χ0) is 10.7. The van der Waals surface area contributed by atoms with Gasteiger partial charge in [-0.25, -0.2) is 0 Å². The maximum absolute atomic E-state index is 9.69. The second-order valence-electron chi connectivity index (χ2n) is 4.44. The molecule has 1 aliphatic rings. The van der Waals surface area contributed by atoms with Gasteiger partial charge in [0.1, 0.15) is 0 Å². The fourth-order valence-corrected chi connectivity index (χ4v) is 2.98. The Balaban J connectivity index is 1.78. The summed E-state index contributed by atoms with van der Waals surface area (Å²) >= 11 is 1.74. The second kappa shape index (κ2) is 5.10. The van der Waals surface area contributed by atoms with E-state index in [9.17, 15) is 5.11 Å². The van der Waals surface area contributed by atoms with Crippen molar-refractivity contribution in [1.29, 1.82) is 0 Å². The number of nitrogens with one attached hydrogen (secondary N) is 1. The van der Waals surface area contributed by atoms with Gasteiger partial charge in [0.05, 0.1) is 6.10 Å². The maximum atomic E-state index is 9.69. The Morgan fingerprint density at radius 2 is 2.47 bits per heavy atom. The van der Waals surface area contributed by atoms with E-state index in [1.165, 1.54) is 18.4 Å². The quantitative estimate of drug-likeness (QED) is 0.825. The van der Waals surface area contributed by atoms with E-state index in [1.807, 2.05) is 0 Å². The summed E-state index contributed by atoms with van der Waals surface area (Å²) in [6.45, 7) is 3.13. The Morgan fingerprint density at radius 1 is 1.60 bits per heavy atom. The van der Waals surface area contributed by atoms with Crippen molar-refractivity contribution in [3.05, 3.63) is 22.4 Å². The minimum atomic E-state index is -0.0767. The highest BCUT2D eigenvalue weighted by atomic mass is 32.1. The number of aliphatic hydroxyl groups is 1. The van der Waals surface area contributed by atoms with Crippen molar-refractivity contribution < 1.29 is 5.11 Å². The van der Waals surface area contributed by atoms with Crippen LogP contribution in [-0.4, -0.2) is 17.8 Å². The smallest absolute Gasteiger partial charge is 0.0580 e. The standard InChI is InChI=1S/C12H19NOS/c1-9(11-5-6-15-8-11)13-7-10-3-2-4-12(10)14/h5-6,8-10,12-14H,2-4,7H2,1H3. The number of rotatable bonds is 4. The van der Waals surface area contributed by atoms with Gasteiger partial charge in [0, 0.05) is 12.6 Å². The van der Waals surface area contributed by atoms with Gasteiger partial charge in [0.25, 0.3) is 0 Å². The molecule has 1 heterocycles. The van der Waals surface area contributed by atoms with Gasteiger partial charge in [-0.05, 0) is 48.1 Å². The summed E-state index contributed by atoms with van der Waals surface area (Å²) in [6.07, 6.45) is 3.26. The minimum Gasteiger partial charge on any atom is -0.393 e. The Hall–Kier alpha value is -0.380. The van der Waals surface area contributed by atoms with Crippen LogP contribution in [0.4, 0.5) is 0 Å². The predicted octanol–water partition coefficient (Wildman–Crippen LogP) is 2.56. The van der Waals surface area contributed by atoms with Gasteiger partial charge in [-0.2, -0.15) is 11.3 Å². The Labute approximate surface area is 95.3 Å². The summed E-state index contributed by atoms with van der Waals surface area (Å²) in [7, 11) is 0. The average molecular weight is 225 g/mol. The molecule has 1 saturated carbocycles. The number of thiophene rings is 1. The fraction of sp³-hybridized carbons (Fsp3) is 0.667. The lowest BCUT2D eigenvalue weighted by Gasteiger charge is -2.18. The van der Waals surface area contributed by atoms with E-state index >= 15 is 0 Å². The molecular formula is C12H19NOS. The summed E-state index contributed by atoms with van der Waals surface area (Å²) in [5.74, 6) is 0.464. The van der Waals surface area contributed by atoms with Gasteiger partial charge in [-0.15, -0.1) is 0 Å². The van der Waals surface area contributed by atoms with Crippen molar-refractivity contribution in [1.82, 2.24) is 5.32 Å². The van der Waals surface area contributed by atoms with Crippen molar-refractivity contribution in [2.24, 2.45) is 5.92 Å². The Bertz CT molecular complexity index is 286. The molecule has 0 aliphatic heterocycles. The molecule has 0 amide bonds. The summed E-state index contributed by atoms with van der Waals surface area (Å²) in [5.41, 5.74) is 1.35. The van der Waals surface area contributed by atoms with Crippen molar-refractivity contribution in [3.63, 3.8) is 0 Å². The lowest BCUT2D eigenvalue weighted by atomic mass is 10.1. The molecule has 2 nitrogen and oxygen atoms in total. The maximum Gasteiger partial charge on any atom is 0.0580 e. The molecule has 1 fully saturated rings. The highest BCUT2D eigenvalue weighted by Gasteiger charge is 2.25. The van der Waals surface area contributed by atoms with Crippen LogP contribution in [0.2, 0.25) is 0 Å². The molecule has 2 rings (SSSR count). The molecule has 0 spiro atoms. The highest BCUT2D eigenvalue weighted by molar-refractivity contribution is 7.07. The van der Waals surface area contributed by atoms with E-state index in [0.29, 0.717) is 12.0 Å². The van der Waals surface area contributed by atoms with E-state index in [1.54, 1.807) is 11.3 Å². The van der Waals surface area contributed by atoms with Gasteiger partial charge >= 0.3 is 0 Å².